The largest absolute Gasteiger partial charge is 0.463 e. The highest BCUT2D eigenvalue weighted by atomic mass is 16.5. The van der Waals surface area contributed by atoms with E-state index >= 15 is 0 Å². The Bertz CT molecular complexity index is 493. The summed E-state index contributed by atoms with van der Waals surface area (Å²) in [5.74, 6) is -0.00447. The second-order valence-corrected chi connectivity index (χ2v) is 6.88. The molecule has 2 aliphatic rings. The van der Waals surface area contributed by atoms with Crippen molar-refractivity contribution in [3.05, 3.63) is 35.9 Å². The average molecular weight is 301 g/mol. The van der Waals surface area contributed by atoms with Crippen LogP contribution < -0.4 is 0 Å². The van der Waals surface area contributed by atoms with Crippen molar-refractivity contribution >= 4 is 5.97 Å². The van der Waals surface area contributed by atoms with Gasteiger partial charge in [0.25, 0.3) is 0 Å². The lowest BCUT2D eigenvalue weighted by molar-refractivity contribution is -0.152. The standard InChI is InChI=1S/C19H27NO2/c1-20-14-8-5-11-17(20)15-22-18(21)19(12-6-7-13-19)16-9-3-2-4-10-16/h2-4,9-10,17H,5-8,11-15H2,1H3/t17-/m0/s1. The highest BCUT2D eigenvalue weighted by Gasteiger charge is 2.44. The molecule has 1 aromatic rings. The first kappa shape index (κ1) is 15.5. The zero-order valence-corrected chi connectivity index (χ0v) is 13.6. The van der Waals surface area contributed by atoms with Gasteiger partial charge in [-0.3, -0.25) is 4.79 Å². The molecular weight excluding hydrogens is 274 g/mol. The van der Waals surface area contributed by atoms with Crippen LogP contribution in [0.4, 0.5) is 0 Å². The molecule has 2 fully saturated rings. The van der Waals surface area contributed by atoms with Crippen LogP contribution in [0.15, 0.2) is 30.3 Å². The van der Waals surface area contributed by atoms with Crippen molar-refractivity contribution in [2.45, 2.75) is 56.4 Å². The molecule has 1 atom stereocenters. The van der Waals surface area contributed by atoms with Crippen LogP contribution in [0.2, 0.25) is 0 Å². The number of hydrogen-bond donors (Lipinski definition) is 0. The van der Waals surface area contributed by atoms with E-state index in [9.17, 15) is 4.79 Å². The van der Waals surface area contributed by atoms with Gasteiger partial charge in [0.05, 0.1) is 5.41 Å². The number of nitrogens with zero attached hydrogens (tertiary/aromatic N) is 1. The van der Waals surface area contributed by atoms with Gasteiger partial charge in [0, 0.05) is 6.04 Å². The minimum absolute atomic E-state index is 0.00447. The number of rotatable bonds is 4. The number of benzene rings is 1. The molecule has 3 nitrogen and oxygen atoms in total. The van der Waals surface area contributed by atoms with Crippen LogP contribution >= 0.6 is 0 Å². The summed E-state index contributed by atoms with van der Waals surface area (Å²) in [7, 11) is 2.14. The van der Waals surface area contributed by atoms with Crippen LogP contribution in [0.3, 0.4) is 0 Å². The normalized spacial score (nSPS) is 25.0. The van der Waals surface area contributed by atoms with Gasteiger partial charge in [-0.15, -0.1) is 0 Å². The predicted molar refractivity (Wildman–Crippen MR) is 87.8 cm³/mol. The van der Waals surface area contributed by atoms with Crippen molar-refractivity contribution in [3.8, 4) is 0 Å². The van der Waals surface area contributed by atoms with Crippen LogP contribution in [0.5, 0.6) is 0 Å². The topological polar surface area (TPSA) is 29.5 Å². The second-order valence-electron chi connectivity index (χ2n) is 6.88. The Labute approximate surface area is 133 Å². The quantitative estimate of drug-likeness (QED) is 0.797. The monoisotopic (exact) mass is 301 g/mol. The van der Waals surface area contributed by atoms with Crippen LogP contribution in [-0.2, 0) is 14.9 Å². The highest BCUT2D eigenvalue weighted by molar-refractivity contribution is 5.83. The summed E-state index contributed by atoms with van der Waals surface area (Å²) in [6, 6.07) is 10.6. The van der Waals surface area contributed by atoms with E-state index in [1.807, 2.05) is 18.2 Å². The van der Waals surface area contributed by atoms with E-state index in [4.69, 9.17) is 4.74 Å². The first-order valence-corrected chi connectivity index (χ1v) is 8.65. The van der Waals surface area contributed by atoms with Gasteiger partial charge in [0.1, 0.15) is 6.61 Å². The molecule has 1 aliphatic heterocycles. The van der Waals surface area contributed by atoms with Crippen molar-refractivity contribution in [3.63, 3.8) is 0 Å². The van der Waals surface area contributed by atoms with Gasteiger partial charge in [-0.1, -0.05) is 49.6 Å². The molecule has 0 bridgehead atoms. The number of carbonyl (C=O) groups is 1. The van der Waals surface area contributed by atoms with Crippen molar-refractivity contribution < 1.29 is 9.53 Å². The lowest BCUT2D eigenvalue weighted by Crippen LogP contribution is -2.42. The maximum atomic E-state index is 12.9. The Morgan fingerprint density at radius 2 is 1.91 bits per heavy atom. The van der Waals surface area contributed by atoms with Crippen LogP contribution in [0.25, 0.3) is 0 Å². The molecule has 0 unspecified atom stereocenters. The zero-order chi connectivity index (χ0) is 15.4. The second kappa shape index (κ2) is 6.82. The number of hydrogen-bond acceptors (Lipinski definition) is 3. The molecule has 1 aromatic carbocycles. The molecule has 1 saturated heterocycles. The third kappa shape index (κ3) is 3.05. The van der Waals surface area contributed by atoms with Crippen molar-refractivity contribution in [1.29, 1.82) is 0 Å². The number of ether oxygens (including phenoxy) is 1. The molecule has 120 valence electrons. The van der Waals surface area contributed by atoms with Crippen LogP contribution in [0.1, 0.15) is 50.5 Å². The molecule has 0 aromatic heterocycles. The zero-order valence-electron chi connectivity index (χ0n) is 13.6. The Morgan fingerprint density at radius 1 is 1.18 bits per heavy atom. The molecular formula is C19H27NO2. The fourth-order valence-corrected chi connectivity index (χ4v) is 4.01. The van der Waals surface area contributed by atoms with Crippen molar-refractivity contribution in [1.82, 2.24) is 4.90 Å². The molecule has 3 rings (SSSR count). The summed E-state index contributed by atoms with van der Waals surface area (Å²) in [5.41, 5.74) is 0.739. The van der Waals surface area contributed by atoms with Crippen molar-refractivity contribution in [2.24, 2.45) is 0 Å². The Kier molecular flexibility index (Phi) is 4.82. The van der Waals surface area contributed by atoms with Crippen molar-refractivity contribution in [2.75, 3.05) is 20.2 Å². The molecule has 1 aliphatic carbocycles. The first-order valence-electron chi connectivity index (χ1n) is 8.65. The third-order valence-electron chi connectivity index (χ3n) is 5.50. The summed E-state index contributed by atoms with van der Waals surface area (Å²) in [4.78, 5) is 15.2. The lowest BCUT2D eigenvalue weighted by atomic mass is 9.79. The molecule has 1 heterocycles. The Balaban J connectivity index is 1.68. The molecule has 22 heavy (non-hydrogen) atoms. The number of esters is 1. The molecule has 0 spiro atoms. The van der Waals surface area contributed by atoms with E-state index in [1.165, 1.54) is 12.8 Å². The summed E-state index contributed by atoms with van der Waals surface area (Å²) in [5, 5.41) is 0. The molecule has 0 amide bonds. The highest BCUT2D eigenvalue weighted by Crippen LogP contribution is 2.42. The number of carbonyl (C=O) groups excluding carboxylic acids is 1. The van der Waals surface area contributed by atoms with E-state index in [-0.39, 0.29) is 5.97 Å². The fourth-order valence-electron chi connectivity index (χ4n) is 4.01. The summed E-state index contributed by atoms with van der Waals surface area (Å²) < 4.78 is 5.81. The smallest absolute Gasteiger partial charge is 0.316 e. The molecule has 1 saturated carbocycles. The van der Waals surface area contributed by atoms with Gasteiger partial charge in [0.15, 0.2) is 0 Å². The van der Waals surface area contributed by atoms with Crippen LogP contribution in [-0.4, -0.2) is 37.1 Å². The number of likely N-dealkylation sites (tertiary alicyclic amines) is 1. The Hall–Kier alpha value is -1.35. The summed E-state index contributed by atoms with van der Waals surface area (Å²) in [6.45, 7) is 1.66. The summed E-state index contributed by atoms with van der Waals surface area (Å²) >= 11 is 0. The molecule has 0 radical (unpaired) electrons. The molecule has 3 heteroatoms. The summed E-state index contributed by atoms with van der Waals surface area (Å²) in [6.07, 6.45) is 7.74. The third-order valence-corrected chi connectivity index (χ3v) is 5.50. The maximum Gasteiger partial charge on any atom is 0.316 e. The number of likely N-dealkylation sites (N-methyl/N-ethyl adjacent to an activating group) is 1. The average Bonchev–Trinajstić information content (AvgIpc) is 3.06. The van der Waals surface area contributed by atoms with Crippen LogP contribution in [0, 0.1) is 0 Å². The Morgan fingerprint density at radius 3 is 2.59 bits per heavy atom. The van der Waals surface area contributed by atoms with Gasteiger partial charge in [-0.25, -0.2) is 0 Å². The maximum absolute atomic E-state index is 12.9. The minimum atomic E-state index is -0.394. The van der Waals surface area contributed by atoms with E-state index in [0.29, 0.717) is 12.6 Å². The number of piperidine rings is 1. The van der Waals surface area contributed by atoms with E-state index in [1.54, 1.807) is 0 Å². The van der Waals surface area contributed by atoms with E-state index in [2.05, 4.69) is 24.1 Å². The predicted octanol–water partition coefficient (Wildman–Crippen LogP) is 3.53. The van der Waals surface area contributed by atoms with E-state index < -0.39 is 5.41 Å². The van der Waals surface area contributed by atoms with Gasteiger partial charge >= 0.3 is 5.97 Å². The van der Waals surface area contributed by atoms with Gasteiger partial charge < -0.3 is 9.64 Å². The first-order chi connectivity index (χ1) is 10.7. The minimum Gasteiger partial charge on any atom is -0.463 e. The molecule has 0 N–H and O–H groups in total. The fraction of sp³-hybridized carbons (Fsp3) is 0.632. The lowest BCUT2D eigenvalue weighted by Gasteiger charge is -2.33. The van der Waals surface area contributed by atoms with E-state index in [0.717, 1.165) is 44.2 Å². The van der Waals surface area contributed by atoms with Gasteiger partial charge in [-0.05, 0) is 44.8 Å². The van der Waals surface area contributed by atoms with Gasteiger partial charge in [0.2, 0.25) is 0 Å². The SMILES string of the molecule is CN1CCCC[C@H]1COC(=O)C1(c2ccccc2)CCCC1. The van der Waals surface area contributed by atoms with Gasteiger partial charge in [-0.2, -0.15) is 0 Å².